The molecule has 2 N–H and O–H groups in total. The van der Waals surface area contributed by atoms with Crippen LogP contribution in [0.15, 0.2) is 9.95 Å². The van der Waals surface area contributed by atoms with Crippen LogP contribution in [0.3, 0.4) is 0 Å². The van der Waals surface area contributed by atoms with E-state index in [2.05, 4.69) is 17.6 Å². The molecule has 2 aliphatic rings. The Balaban J connectivity index is 1.44. The smallest absolute Gasteiger partial charge is 0.321 e. The number of carbonyl (C=O) groups excluding carboxylic acids is 2. The lowest BCUT2D eigenvalue weighted by Gasteiger charge is -2.29. The monoisotopic (exact) mass is 492 g/mol. The van der Waals surface area contributed by atoms with Gasteiger partial charge in [-0.1, -0.05) is 31.5 Å². The number of methoxy groups -OCH3 is 1. The van der Waals surface area contributed by atoms with Crippen LogP contribution in [0.1, 0.15) is 55.9 Å². The van der Waals surface area contributed by atoms with Crippen LogP contribution in [0.2, 0.25) is 0 Å². The summed E-state index contributed by atoms with van der Waals surface area (Å²) in [6.45, 7) is 3.15. The van der Waals surface area contributed by atoms with Crippen LogP contribution in [-0.4, -0.2) is 47.0 Å². The molecule has 2 heterocycles. The van der Waals surface area contributed by atoms with E-state index in [0.717, 1.165) is 54.3 Å². The molecule has 2 unspecified atom stereocenters. The van der Waals surface area contributed by atoms with Crippen LogP contribution in [0.4, 0.5) is 4.79 Å². The molecule has 0 aromatic carbocycles. The van der Waals surface area contributed by atoms with E-state index in [1.165, 1.54) is 23.1 Å². The van der Waals surface area contributed by atoms with Crippen molar-refractivity contribution >= 4 is 45.3 Å². The first-order valence-corrected chi connectivity index (χ1v) is 13.5. The van der Waals surface area contributed by atoms with E-state index in [1.54, 1.807) is 23.0 Å². The molecule has 0 spiro atoms. The number of nitrogens with zero attached hydrogens (tertiary/aromatic N) is 2. The van der Waals surface area contributed by atoms with Crippen LogP contribution >= 0.6 is 23.1 Å². The standard InChI is InChI=1S/C23H32N4O4S2/c1-14-7-3-4-9-16(14)24-22(30)25-18(28)13-32-23-26-20-19(15-8-5-10-17(15)33-20)21(29)27(23)11-6-12-31-2/h14,16H,3-13H2,1-2H3,(H2,24,25,28,30). The molecule has 0 saturated heterocycles. The maximum absolute atomic E-state index is 13.3. The van der Waals surface area contributed by atoms with Crippen molar-refractivity contribution in [2.24, 2.45) is 5.92 Å². The van der Waals surface area contributed by atoms with Gasteiger partial charge in [-0.15, -0.1) is 11.3 Å². The molecule has 1 saturated carbocycles. The summed E-state index contributed by atoms with van der Waals surface area (Å²) in [5.74, 6) is 0.0345. The minimum Gasteiger partial charge on any atom is -0.385 e. The number of thioether (sulfide) groups is 1. The largest absolute Gasteiger partial charge is 0.385 e. The fourth-order valence-corrected chi connectivity index (χ4v) is 6.89. The normalized spacial score (nSPS) is 20.1. The maximum Gasteiger partial charge on any atom is 0.321 e. The Hall–Kier alpha value is -1.91. The van der Waals surface area contributed by atoms with Crippen molar-refractivity contribution in [3.8, 4) is 0 Å². The number of rotatable bonds is 8. The van der Waals surface area contributed by atoms with E-state index in [1.807, 2.05) is 0 Å². The lowest BCUT2D eigenvalue weighted by atomic mass is 9.86. The number of hydrogen-bond acceptors (Lipinski definition) is 7. The Morgan fingerprint density at radius 3 is 2.85 bits per heavy atom. The Morgan fingerprint density at radius 1 is 1.24 bits per heavy atom. The van der Waals surface area contributed by atoms with Gasteiger partial charge in [0.15, 0.2) is 5.16 Å². The second-order valence-corrected chi connectivity index (χ2v) is 10.9. The fourth-order valence-electron chi connectivity index (χ4n) is 4.76. The van der Waals surface area contributed by atoms with Gasteiger partial charge in [-0.3, -0.25) is 19.5 Å². The second-order valence-electron chi connectivity index (χ2n) is 8.91. The van der Waals surface area contributed by atoms with Crippen LogP contribution in [0, 0.1) is 5.92 Å². The Bertz CT molecular complexity index is 1080. The number of nitrogens with one attached hydrogen (secondary N) is 2. The van der Waals surface area contributed by atoms with Gasteiger partial charge < -0.3 is 10.1 Å². The predicted molar refractivity (Wildman–Crippen MR) is 131 cm³/mol. The van der Waals surface area contributed by atoms with Crippen molar-refractivity contribution in [1.29, 1.82) is 0 Å². The molecular formula is C23H32N4O4S2. The van der Waals surface area contributed by atoms with Crippen molar-refractivity contribution < 1.29 is 14.3 Å². The average molecular weight is 493 g/mol. The number of aromatic nitrogens is 2. The van der Waals surface area contributed by atoms with E-state index in [-0.39, 0.29) is 17.4 Å². The molecule has 3 amide bonds. The Labute approximate surface area is 201 Å². The predicted octanol–water partition coefficient (Wildman–Crippen LogP) is 3.48. The van der Waals surface area contributed by atoms with Gasteiger partial charge in [-0.2, -0.15) is 0 Å². The van der Waals surface area contributed by atoms with E-state index >= 15 is 0 Å². The molecule has 0 aliphatic heterocycles. The summed E-state index contributed by atoms with van der Waals surface area (Å²) in [5.41, 5.74) is 1.11. The number of fused-ring (bicyclic) bond motifs is 3. The van der Waals surface area contributed by atoms with E-state index < -0.39 is 11.9 Å². The van der Waals surface area contributed by atoms with Gasteiger partial charge in [0.2, 0.25) is 5.91 Å². The quantitative estimate of drug-likeness (QED) is 0.332. The number of thiophene rings is 1. The number of hydrogen-bond donors (Lipinski definition) is 2. The lowest BCUT2D eigenvalue weighted by Crippen LogP contribution is -2.48. The van der Waals surface area contributed by atoms with Crippen molar-refractivity contribution in [2.45, 2.75) is 76.0 Å². The summed E-state index contributed by atoms with van der Waals surface area (Å²) in [6, 6.07) is -0.343. The van der Waals surface area contributed by atoms with Gasteiger partial charge in [0.1, 0.15) is 4.83 Å². The minimum absolute atomic E-state index is 0.0148. The van der Waals surface area contributed by atoms with Gasteiger partial charge in [-0.05, 0) is 50.0 Å². The van der Waals surface area contributed by atoms with Crippen molar-refractivity contribution in [3.05, 3.63) is 20.8 Å². The van der Waals surface area contributed by atoms with Gasteiger partial charge in [0.05, 0.1) is 11.1 Å². The van der Waals surface area contributed by atoms with Gasteiger partial charge >= 0.3 is 6.03 Å². The zero-order valence-corrected chi connectivity index (χ0v) is 20.9. The first-order chi connectivity index (χ1) is 16.0. The van der Waals surface area contributed by atoms with Crippen molar-refractivity contribution in [3.63, 3.8) is 0 Å². The number of amides is 3. The average Bonchev–Trinajstić information content (AvgIpc) is 3.36. The molecule has 33 heavy (non-hydrogen) atoms. The zero-order chi connectivity index (χ0) is 23.4. The molecule has 10 heteroatoms. The third-order valence-electron chi connectivity index (χ3n) is 6.53. The summed E-state index contributed by atoms with van der Waals surface area (Å²) in [4.78, 5) is 44.9. The topological polar surface area (TPSA) is 102 Å². The van der Waals surface area contributed by atoms with Gasteiger partial charge in [0.25, 0.3) is 5.56 Å². The fraction of sp³-hybridized carbons (Fsp3) is 0.652. The van der Waals surface area contributed by atoms with Crippen LogP contribution < -0.4 is 16.2 Å². The van der Waals surface area contributed by atoms with Crippen LogP contribution in [-0.2, 0) is 28.9 Å². The van der Waals surface area contributed by atoms with Gasteiger partial charge in [0, 0.05) is 31.2 Å². The first-order valence-electron chi connectivity index (χ1n) is 11.7. The number of ether oxygens (including phenoxy) is 1. The van der Waals surface area contributed by atoms with E-state index in [9.17, 15) is 14.4 Å². The summed E-state index contributed by atoms with van der Waals surface area (Å²) in [5, 5.41) is 6.62. The third kappa shape index (κ3) is 5.60. The number of imide groups is 1. The molecule has 0 bridgehead atoms. The maximum atomic E-state index is 13.3. The van der Waals surface area contributed by atoms with E-state index in [0.29, 0.717) is 30.6 Å². The highest BCUT2D eigenvalue weighted by atomic mass is 32.2. The second kappa shape index (κ2) is 11.0. The van der Waals surface area contributed by atoms with Crippen molar-refractivity contribution in [1.82, 2.24) is 20.2 Å². The van der Waals surface area contributed by atoms with Crippen molar-refractivity contribution in [2.75, 3.05) is 19.5 Å². The lowest BCUT2D eigenvalue weighted by molar-refractivity contribution is -0.117. The Kier molecular flexibility index (Phi) is 8.08. The minimum atomic E-state index is -0.449. The van der Waals surface area contributed by atoms with Crippen LogP contribution in [0.5, 0.6) is 0 Å². The summed E-state index contributed by atoms with van der Waals surface area (Å²) in [7, 11) is 1.63. The number of urea groups is 1. The molecule has 8 nitrogen and oxygen atoms in total. The SMILES string of the molecule is COCCCn1c(SCC(=O)NC(=O)NC2CCCCC2C)nc2sc3c(c2c1=O)CCC3. The summed E-state index contributed by atoms with van der Waals surface area (Å²) >= 11 is 2.79. The van der Waals surface area contributed by atoms with Gasteiger partial charge in [-0.25, -0.2) is 9.78 Å². The molecule has 1 fully saturated rings. The highest BCUT2D eigenvalue weighted by Gasteiger charge is 2.25. The van der Waals surface area contributed by atoms with E-state index in [4.69, 9.17) is 9.72 Å². The van der Waals surface area contributed by atoms with Crippen LogP contribution in [0.25, 0.3) is 10.2 Å². The zero-order valence-electron chi connectivity index (χ0n) is 19.3. The summed E-state index contributed by atoms with van der Waals surface area (Å²) in [6.07, 6.45) is 8.01. The first kappa shape index (κ1) is 24.2. The Morgan fingerprint density at radius 2 is 2.06 bits per heavy atom. The molecular weight excluding hydrogens is 460 g/mol. The molecule has 2 aromatic heterocycles. The summed E-state index contributed by atoms with van der Waals surface area (Å²) < 4.78 is 6.81. The molecule has 2 aromatic rings. The molecule has 2 aliphatic carbocycles. The highest BCUT2D eigenvalue weighted by Crippen LogP contribution is 2.35. The molecule has 180 valence electrons. The molecule has 0 radical (unpaired) electrons. The highest BCUT2D eigenvalue weighted by molar-refractivity contribution is 7.99. The third-order valence-corrected chi connectivity index (χ3v) is 8.70. The molecule has 2 atom stereocenters. The number of carbonyl (C=O) groups is 2. The molecule has 4 rings (SSSR count). The number of aryl methyl sites for hydroxylation is 2.